The zero-order valence-electron chi connectivity index (χ0n) is 20.1. The van der Waals surface area contributed by atoms with Crippen LogP contribution in [0.4, 0.5) is 5.69 Å². The second-order valence-corrected chi connectivity index (χ2v) is 10.0. The van der Waals surface area contributed by atoms with Gasteiger partial charge in [0.1, 0.15) is 0 Å². The number of carbonyl (C=O) groups excluding carboxylic acids is 1. The van der Waals surface area contributed by atoms with Crippen molar-refractivity contribution < 1.29 is 4.79 Å². The third-order valence-electron chi connectivity index (χ3n) is 6.68. The van der Waals surface area contributed by atoms with Crippen molar-refractivity contribution in [2.24, 2.45) is 0 Å². The molecule has 4 nitrogen and oxygen atoms in total. The molecule has 1 fully saturated rings. The average molecular weight is 516 g/mol. The lowest BCUT2D eigenvalue weighted by atomic mass is 9.99. The monoisotopic (exact) mass is 515 g/mol. The smallest absolute Gasteiger partial charge is 0.227 e. The number of aryl methyl sites for hydroxylation is 1. The highest BCUT2D eigenvalue weighted by molar-refractivity contribution is 6.33. The van der Waals surface area contributed by atoms with Gasteiger partial charge in [-0.25, -0.2) is 0 Å². The molecular formula is C30H27Cl2N3O. The first-order chi connectivity index (χ1) is 17.5. The van der Waals surface area contributed by atoms with Crippen LogP contribution >= 0.6 is 23.2 Å². The minimum absolute atomic E-state index is 0.0260. The number of amides is 1. The van der Waals surface area contributed by atoms with E-state index in [4.69, 9.17) is 23.2 Å². The molecule has 4 aromatic rings. The second kappa shape index (κ2) is 10.7. The molecule has 1 amide bonds. The molecule has 0 spiro atoms. The molecule has 1 aromatic heterocycles. The van der Waals surface area contributed by atoms with E-state index in [1.54, 1.807) is 6.20 Å². The number of hydrogen-bond acceptors (Lipinski definition) is 3. The molecule has 1 unspecified atom stereocenters. The quantitative estimate of drug-likeness (QED) is 0.287. The minimum atomic E-state index is -0.0260. The van der Waals surface area contributed by atoms with Gasteiger partial charge >= 0.3 is 0 Å². The van der Waals surface area contributed by atoms with E-state index >= 15 is 0 Å². The SMILES string of the molecule is Cc1ccc(N2CCN(C(=O)Cc3cccc(-c4cccnc4)c3)CC2c2ccc(Cl)cc2)c(Cl)c1. The van der Waals surface area contributed by atoms with Crippen molar-refractivity contribution >= 4 is 34.8 Å². The summed E-state index contributed by atoms with van der Waals surface area (Å²) in [7, 11) is 0. The molecule has 0 bridgehead atoms. The van der Waals surface area contributed by atoms with Crippen molar-refractivity contribution in [1.29, 1.82) is 0 Å². The largest absolute Gasteiger partial charge is 0.360 e. The van der Waals surface area contributed by atoms with Gasteiger partial charge < -0.3 is 9.80 Å². The van der Waals surface area contributed by atoms with Crippen LogP contribution < -0.4 is 4.90 Å². The van der Waals surface area contributed by atoms with Gasteiger partial charge in [0.05, 0.1) is 23.2 Å². The van der Waals surface area contributed by atoms with Crippen LogP contribution in [0.1, 0.15) is 22.7 Å². The predicted molar refractivity (Wildman–Crippen MR) is 148 cm³/mol. The molecular weight excluding hydrogens is 489 g/mol. The number of piperazine rings is 1. The summed E-state index contributed by atoms with van der Waals surface area (Å²) in [5.41, 5.74) is 6.30. The van der Waals surface area contributed by atoms with Crippen LogP contribution in [0, 0.1) is 6.92 Å². The summed E-state index contributed by atoms with van der Waals surface area (Å²) < 4.78 is 0. The predicted octanol–water partition coefficient (Wildman–Crippen LogP) is 7.00. The Kier molecular flexibility index (Phi) is 7.26. The highest BCUT2D eigenvalue weighted by atomic mass is 35.5. The van der Waals surface area contributed by atoms with Gasteiger partial charge in [0.25, 0.3) is 0 Å². The van der Waals surface area contributed by atoms with Crippen molar-refractivity contribution in [2.45, 2.75) is 19.4 Å². The summed E-state index contributed by atoms with van der Waals surface area (Å²) in [6, 6.07) is 26.1. The van der Waals surface area contributed by atoms with E-state index < -0.39 is 0 Å². The van der Waals surface area contributed by atoms with Crippen molar-refractivity contribution in [2.75, 3.05) is 24.5 Å². The van der Waals surface area contributed by atoms with Gasteiger partial charge in [0, 0.05) is 37.1 Å². The van der Waals surface area contributed by atoms with Gasteiger partial charge in [-0.3, -0.25) is 9.78 Å². The number of aromatic nitrogens is 1. The Morgan fingerprint density at radius 2 is 1.75 bits per heavy atom. The van der Waals surface area contributed by atoms with Crippen molar-refractivity contribution in [3.8, 4) is 11.1 Å². The highest BCUT2D eigenvalue weighted by Crippen LogP contribution is 2.36. The topological polar surface area (TPSA) is 36.4 Å². The van der Waals surface area contributed by atoms with Crippen LogP contribution in [0.5, 0.6) is 0 Å². The van der Waals surface area contributed by atoms with Crippen LogP contribution in [0.3, 0.4) is 0 Å². The molecule has 1 atom stereocenters. The fourth-order valence-electron chi connectivity index (χ4n) is 4.79. The van der Waals surface area contributed by atoms with E-state index in [2.05, 4.69) is 28.1 Å². The number of carbonyl (C=O) groups is 1. The third kappa shape index (κ3) is 5.40. The second-order valence-electron chi connectivity index (χ2n) is 9.17. The first kappa shape index (κ1) is 24.4. The maximum Gasteiger partial charge on any atom is 0.227 e. The minimum Gasteiger partial charge on any atom is -0.360 e. The number of anilines is 1. The zero-order chi connectivity index (χ0) is 25.1. The van der Waals surface area contributed by atoms with Gasteiger partial charge in [0.2, 0.25) is 5.91 Å². The van der Waals surface area contributed by atoms with Crippen molar-refractivity contribution in [1.82, 2.24) is 9.88 Å². The normalized spacial score (nSPS) is 15.7. The molecule has 1 aliphatic rings. The average Bonchev–Trinajstić information content (AvgIpc) is 2.90. The van der Waals surface area contributed by atoms with E-state index in [0.29, 0.717) is 31.1 Å². The molecule has 0 aliphatic carbocycles. The van der Waals surface area contributed by atoms with Crippen LogP contribution in [-0.4, -0.2) is 35.4 Å². The molecule has 6 heteroatoms. The molecule has 0 radical (unpaired) electrons. The summed E-state index contributed by atoms with van der Waals surface area (Å²) in [6.07, 6.45) is 3.96. The molecule has 36 heavy (non-hydrogen) atoms. The van der Waals surface area contributed by atoms with Gasteiger partial charge in [-0.2, -0.15) is 0 Å². The Morgan fingerprint density at radius 1 is 0.944 bits per heavy atom. The van der Waals surface area contributed by atoms with E-state index in [-0.39, 0.29) is 11.9 Å². The number of benzene rings is 3. The van der Waals surface area contributed by atoms with E-state index in [1.165, 1.54) is 0 Å². The van der Waals surface area contributed by atoms with Crippen molar-refractivity contribution in [3.05, 3.63) is 118 Å². The molecule has 0 N–H and O–H groups in total. The Morgan fingerprint density at radius 3 is 2.50 bits per heavy atom. The van der Waals surface area contributed by atoms with E-state index in [9.17, 15) is 4.79 Å². The number of nitrogens with zero attached hydrogens (tertiary/aromatic N) is 3. The Labute approximate surface area is 222 Å². The number of hydrogen-bond donors (Lipinski definition) is 0. The fraction of sp³-hybridized carbons (Fsp3) is 0.200. The maximum atomic E-state index is 13.4. The zero-order valence-corrected chi connectivity index (χ0v) is 21.6. The Bertz CT molecular complexity index is 1360. The third-order valence-corrected chi connectivity index (χ3v) is 7.23. The van der Waals surface area contributed by atoms with Crippen LogP contribution in [-0.2, 0) is 11.2 Å². The Balaban J connectivity index is 1.38. The molecule has 5 rings (SSSR count). The van der Waals surface area contributed by atoms with E-state index in [1.807, 2.05) is 78.7 Å². The van der Waals surface area contributed by atoms with Gasteiger partial charge in [-0.15, -0.1) is 0 Å². The molecule has 3 aromatic carbocycles. The van der Waals surface area contributed by atoms with Crippen LogP contribution in [0.25, 0.3) is 11.1 Å². The Hall–Kier alpha value is -3.34. The van der Waals surface area contributed by atoms with Gasteiger partial charge in [-0.05, 0) is 65.1 Å². The van der Waals surface area contributed by atoms with Crippen molar-refractivity contribution in [3.63, 3.8) is 0 Å². The number of rotatable bonds is 5. The summed E-state index contributed by atoms with van der Waals surface area (Å²) in [5, 5.41) is 1.41. The first-order valence-electron chi connectivity index (χ1n) is 12.0. The molecule has 2 heterocycles. The molecule has 1 aliphatic heterocycles. The lowest BCUT2D eigenvalue weighted by molar-refractivity contribution is -0.131. The van der Waals surface area contributed by atoms with Gasteiger partial charge in [0.15, 0.2) is 0 Å². The lowest BCUT2D eigenvalue weighted by Gasteiger charge is -2.43. The van der Waals surface area contributed by atoms with E-state index in [0.717, 1.165) is 38.5 Å². The number of halogens is 2. The summed E-state index contributed by atoms with van der Waals surface area (Å²) >= 11 is 12.8. The lowest BCUT2D eigenvalue weighted by Crippen LogP contribution is -2.51. The number of pyridine rings is 1. The standard InChI is InChI=1S/C30H27Cl2N3O/c1-21-7-12-28(27(32)16-21)35-15-14-34(20-29(35)23-8-10-26(31)11-9-23)30(36)18-22-4-2-5-24(17-22)25-6-3-13-33-19-25/h2-13,16-17,19,29H,14-15,18,20H2,1H3. The molecule has 182 valence electrons. The summed E-state index contributed by atoms with van der Waals surface area (Å²) in [4.78, 5) is 21.9. The van der Waals surface area contributed by atoms with Crippen LogP contribution in [0.15, 0.2) is 91.3 Å². The maximum absolute atomic E-state index is 13.4. The highest BCUT2D eigenvalue weighted by Gasteiger charge is 2.31. The summed E-state index contributed by atoms with van der Waals surface area (Å²) in [6.45, 7) is 3.94. The molecule has 1 saturated heterocycles. The first-order valence-corrected chi connectivity index (χ1v) is 12.8. The summed E-state index contributed by atoms with van der Waals surface area (Å²) in [5.74, 6) is 0.118. The fourth-order valence-corrected chi connectivity index (χ4v) is 5.26. The molecule has 0 saturated carbocycles. The van der Waals surface area contributed by atoms with Crippen LogP contribution in [0.2, 0.25) is 10.0 Å². The van der Waals surface area contributed by atoms with Gasteiger partial charge in [-0.1, -0.05) is 71.7 Å².